The van der Waals surface area contributed by atoms with Crippen LogP contribution in [0.3, 0.4) is 0 Å². The minimum atomic E-state index is -3.31. The van der Waals surface area contributed by atoms with E-state index in [0.717, 1.165) is 11.4 Å². The van der Waals surface area contributed by atoms with Crippen molar-refractivity contribution in [1.29, 1.82) is 0 Å². The van der Waals surface area contributed by atoms with Gasteiger partial charge in [-0.15, -0.1) is 0 Å². The number of anilines is 2. The molecule has 160 valence electrons. The number of para-hydroxylation sites is 2. The first-order valence-corrected chi connectivity index (χ1v) is 11.8. The molecule has 2 aromatic carbocycles. The maximum Gasteiger partial charge on any atom is 0.153 e. The fraction of sp³-hybridized carbons (Fsp3) is 0.455. The lowest BCUT2D eigenvalue weighted by molar-refractivity contribution is 0.200. The van der Waals surface area contributed by atoms with E-state index in [1.165, 1.54) is 0 Å². The summed E-state index contributed by atoms with van der Waals surface area (Å²) in [5, 5.41) is 19.6. The molecule has 7 heteroatoms. The third kappa shape index (κ3) is 8.43. The van der Waals surface area contributed by atoms with Gasteiger partial charge in [-0.1, -0.05) is 36.4 Å². The van der Waals surface area contributed by atoms with E-state index in [4.69, 9.17) is 0 Å². The summed E-state index contributed by atoms with van der Waals surface area (Å²) in [5.74, 6) is 0.0118. The Bertz CT molecular complexity index is 748. The summed E-state index contributed by atoms with van der Waals surface area (Å²) in [6.45, 7) is 4.77. The summed E-state index contributed by atoms with van der Waals surface area (Å²) in [5.41, 5.74) is 1.78. The zero-order valence-corrected chi connectivity index (χ0v) is 18.0. The molecule has 0 spiro atoms. The van der Waals surface area contributed by atoms with Crippen LogP contribution >= 0.6 is 0 Å². The fourth-order valence-corrected chi connectivity index (χ4v) is 4.37. The summed E-state index contributed by atoms with van der Waals surface area (Å²) in [7, 11) is -3.31. The minimum Gasteiger partial charge on any atom is -0.392 e. The number of aliphatic hydroxyl groups is 2. The van der Waals surface area contributed by atoms with Gasteiger partial charge in [0, 0.05) is 37.6 Å². The van der Waals surface area contributed by atoms with Crippen LogP contribution in [-0.4, -0.2) is 68.5 Å². The molecule has 2 atom stereocenters. The van der Waals surface area contributed by atoms with E-state index in [1.54, 1.807) is 13.8 Å². The number of hydrogen-bond donors (Lipinski definition) is 2. The third-order valence-corrected chi connectivity index (χ3v) is 6.17. The highest BCUT2D eigenvalue weighted by atomic mass is 32.2. The molecule has 2 rings (SSSR count). The highest BCUT2D eigenvalue weighted by Crippen LogP contribution is 2.16. The summed E-state index contributed by atoms with van der Waals surface area (Å²) in [6.07, 6.45) is -1.12. The van der Waals surface area contributed by atoms with Gasteiger partial charge in [0.1, 0.15) is 0 Å². The van der Waals surface area contributed by atoms with Crippen molar-refractivity contribution in [3.8, 4) is 0 Å². The number of nitrogens with zero attached hydrogens (tertiary/aromatic N) is 2. The van der Waals surface area contributed by atoms with Crippen LogP contribution in [0.4, 0.5) is 11.4 Å². The van der Waals surface area contributed by atoms with Crippen LogP contribution in [0.25, 0.3) is 0 Å². The molecular weight excluding hydrogens is 388 g/mol. The first-order valence-electron chi connectivity index (χ1n) is 9.93. The van der Waals surface area contributed by atoms with Crippen LogP contribution < -0.4 is 9.80 Å². The number of aliphatic hydroxyl groups excluding tert-OH is 2. The molecule has 6 nitrogen and oxygen atoms in total. The van der Waals surface area contributed by atoms with Crippen molar-refractivity contribution in [2.45, 2.75) is 26.1 Å². The summed E-state index contributed by atoms with van der Waals surface area (Å²) in [4.78, 5) is 3.79. The molecule has 0 radical (unpaired) electrons. The summed E-state index contributed by atoms with van der Waals surface area (Å²) < 4.78 is 25.4. The van der Waals surface area contributed by atoms with E-state index in [9.17, 15) is 18.6 Å². The molecule has 0 aliphatic carbocycles. The van der Waals surface area contributed by atoms with E-state index in [-0.39, 0.29) is 11.5 Å². The van der Waals surface area contributed by atoms with E-state index in [1.807, 2.05) is 70.5 Å². The van der Waals surface area contributed by atoms with Crippen molar-refractivity contribution in [2.75, 3.05) is 47.5 Å². The van der Waals surface area contributed by atoms with Crippen molar-refractivity contribution in [1.82, 2.24) is 0 Å². The Hall–Kier alpha value is -2.09. The molecule has 0 aromatic heterocycles. The fourth-order valence-electron chi connectivity index (χ4n) is 3.17. The predicted molar refractivity (Wildman–Crippen MR) is 119 cm³/mol. The van der Waals surface area contributed by atoms with Gasteiger partial charge in [-0.05, 0) is 38.1 Å². The molecule has 0 fully saturated rings. The first-order chi connectivity index (χ1) is 13.8. The largest absolute Gasteiger partial charge is 0.392 e. The van der Waals surface area contributed by atoms with Crippen LogP contribution in [0.1, 0.15) is 13.8 Å². The number of hydrogen-bond acceptors (Lipinski definition) is 6. The summed E-state index contributed by atoms with van der Waals surface area (Å²) >= 11 is 0. The van der Waals surface area contributed by atoms with Gasteiger partial charge in [0.2, 0.25) is 0 Å². The Morgan fingerprint density at radius 2 is 1.07 bits per heavy atom. The average molecular weight is 421 g/mol. The van der Waals surface area contributed by atoms with Crippen molar-refractivity contribution in [2.24, 2.45) is 0 Å². The van der Waals surface area contributed by atoms with E-state index >= 15 is 0 Å². The van der Waals surface area contributed by atoms with Crippen LogP contribution in [-0.2, 0) is 9.84 Å². The Morgan fingerprint density at radius 1 is 0.724 bits per heavy atom. The van der Waals surface area contributed by atoms with Gasteiger partial charge in [0.15, 0.2) is 9.84 Å². The van der Waals surface area contributed by atoms with E-state index in [0.29, 0.717) is 26.2 Å². The van der Waals surface area contributed by atoms with Crippen molar-refractivity contribution >= 4 is 21.2 Å². The Balaban J connectivity index is 2.00. The maximum atomic E-state index is 12.7. The van der Waals surface area contributed by atoms with Gasteiger partial charge < -0.3 is 20.0 Å². The highest BCUT2D eigenvalue weighted by molar-refractivity contribution is 7.91. The van der Waals surface area contributed by atoms with Gasteiger partial charge in [-0.2, -0.15) is 0 Å². The molecule has 0 bridgehead atoms. The monoisotopic (exact) mass is 420 g/mol. The predicted octanol–water partition coefficient (Wildman–Crippen LogP) is 2.18. The molecule has 0 saturated heterocycles. The molecule has 0 amide bonds. The zero-order valence-electron chi connectivity index (χ0n) is 17.2. The first kappa shape index (κ1) is 23.2. The van der Waals surface area contributed by atoms with Gasteiger partial charge in [-0.3, -0.25) is 0 Å². The molecule has 2 N–H and O–H groups in total. The molecular formula is C22H32N2O4S. The molecule has 0 aliphatic rings. The van der Waals surface area contributed by atoms with Gasteiger partial charge >= 0.3 is 0 Å². The molecule has 0 aliphatic heterocycles. The third-order valence-electron chi connectivity index (χ3n) is 4.56. The van der Waals surface area contributed by atoms with Crippen LogP contribution in [0.2, 0.25) is 0 Å². The lowest BCUT2D eigenvalue weighted by Gasteiger charge is -2.27. The van der Waals surface area contributed by atoms with Crippen molar-refractivity contribution in [3.05, 3.63) is 60.7 Å². The SMILES string of the molecule is CC(O)CN(CCS(=O)(=O)CCN(CC(C)O)c1ccccc1)c1ccccc1. The highest BCUT2D eigenvalue weighted by Gasteiger charge is 2.18. The molecule has 2 aromatic rings. The summed E-state index contributed by atoms with van der Waals surface area (Å²) in [6, 6.07) is 19.0. The lowest BCUT2D eigenvalue weighted by Crippen LogP contribution is -2.38. The average Bonchev–Trinajstić information content (AvgIpc) is 2.69. The second-order valence-electron chi connectivity index (χ2n) is 7.41. The smallest absolute Gasteiger partial charge is 0.153 e. The van der Waals surface area contributed by atoms with Crippen molar-refractivity contribution in [3.63, 3.8) is 0 Å². The number of benzene rings is 2. The zero-order chi connectivity index (χ0) is 21.3. The minimum absolute atomic E-state index is 0.00588. The molecule has 29 heavy (non-hydrogen) atoms. The van der Waals surface area contributed by atoms with E-state index in [2.05, 4.69) is 0 Å². The lowest BCUT2D eigenvalue weighted by atomic mass is 10.2. The van der Waals surface area contributed by atoms with Gasteiger partial charge in [0.05, 0.1) is 23.7 Å². The van der Waals surface area contributed by atoms with Crippen molar-refractivity contribution < 1.29 is 18.6 Å². The quantitative estimate of drug-likeness (QED) is 0.548. The molecule has 2 unspecified atom stereocenters. The normalized spacial score (nSPS) is 13.7. The number of sulfone groups is 1. The van der Waals surface area contributed by atoms with Crippen LogP contribution in [0, 0.1) is 0 Å². The second-order valence-corrected chi connectivity index (χ2v) is 9.72. The van der Waals surface area contributed by atoms with Crippen LogP contribution in [0.5, 0.6) is 0 Å². The maximum absolute atomic E-state index is 12.7. The van der Waals surface area contributed by atoms with Crippen LogP contribution in [0.15, 0.2) is 60.7 Å². The molecule has 0 heterocycles. The number of rotatable bonds is 12. The Morgan fingerprint density at radius 3 is 1.38 bits per heavy atom. The molecule has 0 saturated carbocycles. The Kier molecular flexibility index (Phi) is 8.95. The topological polar surface area (TPSA) is 81.1 Å². The van der Waals surface area contributed by atoms with Gasteiger partial charge in [0.25, 0.3) is 0 Å². The van der Waals surface area contributed by atoms with Gasteiger partial charge in [-0.25, -0.2) is 8.42 Å². The Labute approximate surface area is 174 Å². The standard InChI is InChI=1S/C22H32N2O4S/c1-19(25)17-23(21-9-5-3-6-10-21)13-15-29(27,28)16-14-24(18-20(2)26)22-11-7-4-8-12-22/h3-12,19-20,25-26H,13-18H2,1-2H3. The van der Waals surface area contributed by atoms with E-state index < -0.39 is 22.0 Å². The second kappa shape index (κ2) is 11.2.